The maximum absolute atomic E-state index is 12.5. The highest BCUT2D eigenvalue weighted by Gasteiger charge is 2.12. The van der Waals surface area contributed by atoms with Crippen molar-refractivity contribution in [1.29, 1.82) is 0 Å². The number of fused-ring (bicyclic) bond motifs is 2. The third-order valence-corrected chi connectivity index (χ3v) is 7.20. The molecule has 39 heavy (non-hydrogen) atoms. The molecule has 4 aromatic heterocycles. The smallest absolute Gasteiger partial charge is 0.265 e. The van der Waals surface area contributed by atoms with E-state index in [9.17, 15) is 19.8 Å². The molecule has 2 N–H and O–H groups in total. The minimum atomic E-state index is -0.233. The van der Waals surface area contributed by atoms with Crippen LogP contribution < -0.4 is 11.1 Å². The van der Waals surface area contributed by atoms with E-state index in [2.05, 4.69) is 9.97 Å². The van der Waals surface area contributed by atoms with Crippen molar-refractivity contribution in [2.45, 2.75) is 0 Å². The van der Waals surface area contributed by atoms with E-state index in [1.54, 1.807) is 73.1 Å². The van der Waals surface area contributed by atoms with Gasteiger partial charge in [-0.2, -0.15) is 0 Å². The number of aromatic nitrogens is 4. The SMILES string of the molecule is O=c1c(-c2ccc(Cl)cc2)cnc2c(O)c(I)ccn12.O=c1c(-c2ccc(Cl)cc2)cnc2c(O)cccn12. The Balaban J connectivity index is 0.000000158. The Kier molecular flexibility index (Phi) is 7.56. The number of halogens is 3. The standard InChI is InChI=1S/C14H8ClIN2O2.C14H9ClN2O2/c15-9-3-1-8(2-4-9)10-7-17-13-12(19)11(16)5-6-18(13)14(10)20;15-10-5-3-9(4-6-10)11-8-16-13-12(18)2-1-7-17(13)14(11)19/h1-7,19H;1-8,18H. The summed E-state index contributed by atoms with van der Waals surface area (Å²) in [6.07, 6.45) is 6.10. The Morgan fingerprint density at radius 3 is 1.69 bits per heavy atom. The summed E-state index contributed by atoms with van der Waals surface area (Å²) in [6, 6.07) is 18.7. The van der Waals surface area contributed by atoms with Gasteiger partial charge in [-0.1, -0.05) is 47.5 Å². The fourth-order valence-electron chi connectivity index (χ4n) is 3.85. The molecule has 0 amide bonds. The van der Waals surface area contributed by atoms with Gasteiger partial charge in [0, 0.05) is 34.8 Å². The molecule has 6 rings (SSSR count). The number of hydrogen-bond acceptors (Lipinski definition) is 6. The first-order valence-electron chi connectivity index (χ1n) is 11.3. The van der Waals surface area contributed by atoms with Gasteiger partial charge in [0.25, 0.3) is 11.1 Å². The van der Waals surface area contributed by atoms with Gasteiger partial charge in [0.1, 0.15) is 0 Å². The predicted molar refractivity (Wildman–Crippen MR) is 160 cm³/mol. The molecule has 0 aliphatic heterocycles. The molecule has 2 aromatic carbocycles. The van der Waals surface area contributed by atoms with Gasteiger partial charge < -0.3 is 10.2 Å². The summed E-state index contributed by atoms with van der Waals surface area (Å²) in [5.74, 6) is -0.0184. The number of hydrogen-bond donors (Lipinski definition) is 2. The largest absolute Gasteiger partial charge is 0.504 e. The second kappa shape index (κ2) is 11.0. The molecule has 0 bridgehead atoms. The van der Waals surface area contributed by atoms with Gasteiger partial charge in [-0.3, -0.25) is 18.4 Å². The molecule has 0 saturated heterocycles. The number of benzene rings is 2. The van der Waals surface area contributed by atoms with Gasteiger partial charge in [0.05, 0.1) is 14.7 Å². The lowest BCUT2D eigenvalue weighted by atomic mass is 10.1. The Bertz CT molecular complexity index is 1960. The Labute approximate surface area is 244 Å². The number of rotatable bonds is 2. The van der Waals surface area contributed by atoms with Crippen LogP contribution in [0.4, 0.5) is 0 Å². The van der Waals surface area contributed by atoms with Crippen molar-refractivity contribution in [2.75, 3.05) is 0 Å². The first-order chi connectivity index (χ1) is 18.7. The molecule has 0 unspecified atom stereocenters. The van der Waals surface area contributed by atoms with Gasteiger partial charge in [0.15, 0.2) is 22.8 Å². The Hall–Kier alpha value is -3.93. The van der Waals surface area contributed by atoms with Crippen molar-refractivity contribution in [3.8, 4) is 33.8 Å². The summed E-state index contributed by atoms with van der Waals surface area (Å²) in [4.78, 5) is 33.1. The van der Waals surface area contributed by atoms with E-state index in [-0.39, 0.29) is 33.9 Å². The third kappa shape index (κ3) is 5.33. The molecule has 0 atom stereocenters. The first-order valence-corrected chi connectivity index (χ1v) is 13.2. The van der Waals surface area contributed by atoms with E-state index in [0.717, 1.165) is 11.1 Å². The number of aromatic hydroxyl groups is 2. The van der Waals surface area contributed by atoms with Crippen LogP contribution in [-0.2, 0) is 0 Å². The van der Waals surface area contributed by atoms with E-state index in [1.807, 2.05) is 22.6 Å². The topological polar surface area (TPSA) is 109 Å². The van der Waals surface area contributed by atoms with Crippen LogP contribution in [0.15, 0.2) is 101 Å². The lowest BCUT2D eigenvalue weighted by Crippen LogP contribution is -2.16. The molecule has 0 spiro atoms. The molecular formula is C28H17Cl2IN4O4. The predicted octanol–water partition coefficient (Wildman–Crippen LogP) is 6.05. The quantitative estimate of drug-likeness (QED) is 0.217. The minimum absolute atomic E-state index is 0.00727. The van der Waals surface area contributed by atoms with Gasteiger partial charge in [0.2, 0.25) is 0 Å². The maximum atomic E-state index is 12.5. The van der Waals surface area contributed by atoms with Crippen LogP contribution in [0.3, 0.4) is 0 Å². The molecule has 0 aliphatic rings. The molecule has 0 radical (unpaired) electrons. The van der Waals surface area contributed by atoms with Crippen molar-refractivity contribution >= 4 is 57.1 Å². The van der Waals surface area contributed by atoms with Crippen molar-refractivity contribution < 1.29 is 10.2 Å². The molecule has 11 heteroatoms. The summed E-state index contributed by atoms with van der Waals surface area (Å²) in [7, 11) is 0. The van der Waals surface area contributed by atoms with Crippen molar-refractivity contribution in [3.63, 3.8) is 0 Å². The first kappa shape index (κ1) is 26.7. The molecule has 0 fully saturated rings. The number of pyridine rings is 2. The van der Waals surface area contributed by atoms with Crippen LogP contribution in [0.5, 0.6) is 11.5 Å². The van der Waals surface area contributed by atoms with Crippen LogP contribution in [0.1, 0.15) is 0 Å². The molecule has 194 valence electrons. The molecular weight excluding hydrogens is 654 g/mol. The fourth-order valence-corrected chi connectivity index (χ4v) is 4.51. The normalized spacial score (nSPS) is 10.8. The van der Waals surface area contributed by atoms with Crippen LogP contribution >= 0.6 is 45.8 Å². The highest BCUT2D eigenvalue weighted by atomic mass is 127. The van der Waals surface area contributed by atoms with Crippen LogP contribution in [0, 0.1) is 3.57 Å². The van der Waals surface area contributed by atoms with E-state index in [1.165, 1.54) is 27.3 Å². The summed E-state index contributed by atoms with van der Waals surface area (Å²) < 4.78 is 3.30. The maximum Gasteiger partial charge on any atom is 0.265 e. The van der Waals surface area contributed by atoms with E-state index >= 15 is 0 Å². The second-order valence-corrected chi connectivity index (χ2v) is 10.3. The van der Waals surface area contributed by atoms with Gasteiger partial charge >= 0.3 is 0 Å². The zero-order chi connectivity index (χ0) is 27.7. The highest BCUT2D eigenvalue weighted by molar-refractivity contribution is 14.1. The molecule has 0 aliphatic carbocycles. The van der Waals surface area contributed by atoms with Gasteiger partial charge in [-0.25, -0.2) is 9.97 Å². The highest BCUT2D eigenvalue weighted by Crippen LogP contribution is 2.24. The van der Waals surface area contributed by atoms with Crippen molar-refractivity contribution in [1.82, 2.24) is 18.8 Å². The van der Waals surface area contributed by atoms with Gasteiger partial charge in [-0.05, 0) is 76.2 Å². The Morgan fingerprint density at radius 1 is 0.667 bits per heavy atom. The lowest BCUT2D eigenvalue weighted by Gasteiger charge is -2.06. The second-order valence-electron chi connectivity index (χ2n) is 8.26. The lowest BCUT2D eigenvalue weighted by molar-refractivity contribution is 0.473. The van der Waals surface area contributed by atoms with E-state index in [0.29, 0.717) is 24.7 Å². The van der Waals surface area contributed by atoms with E-state index < -0.39 is 0 Å². The summed E-state index contributed by atoms with van der Waals surface area (Å²) in [6.45, 7) is 0. The van der Waals surface area contributed by atoms with Crippen molar-refractivity contribution in [3.05, 3.63) is 126 Å². The summed E-state index contributed by atoms with van der Waals surface area (Å²) in [5.41, 5.74) is 2.41. The molecule has 6 aromatic rings. The Morgan fingerprint density at radius 2 is 1.15 bits per heavy atom. The van der Waals surface area contributed by atoms with Crippen LogP contribution in [0.25, 0.3) is 33.5 Å². The van der Waals surface area contributed by atoms with E-state index in [4.69, 9.17) is 23.2 Å². The third-order valence-electron chi connectivity index (χ3n) is 5.82. The minimum Gasteiger partial charge on any atom is -0.504 e. The van der Waals surface area contributed by atoms with Crippen LogP contribution in [0.2, 0.25) is 10.0 Å². The average molecular weight is 671 g/mol. The molecule has 4 heterocycles. The summed E-state index contributed by atoms with van der Waals surface area (Å²) in [5, 5.41) is 20.8. The fraction of sp³-hybridized carbons (Fsp3) is 0. The number of nitrogens with zero attached hydrogens (tertiary/aromatic N) is 4. The monoisotopic (exact) mass is 670 g/mol. The zero-order valence-corrected chi connectivity index (χ0v) is 23.5. The molecule has 8 nitrogen and oxygen atoms in total. The summed E-state index contributed by atoms with van der Waals surface area (Å²) >= 11 is 13.6. The van der Waals surface area contributed by atoms with Gasteiger partial charge in [-0.15, -0.1) is 0 Å². The average Bonchev–Trinajstić information content (AvgIpc) is 2.93. The van der Waals surface area contributed by atoms with Crippen LogP contribution in [-0.4, -0.2) is 29.0 Å². The zero-order valence-electron chi connectivity index (χ0n) is 19.8. The molecule has 0 saturated carbocycles. The van der Waals surface area contributed by atoms with Crippen molar-refractivity contribution in [2.24, 2.45) is 0 Å².